The van der Waals surface area contributed by atoms with Crippen molar-refractivity contribution >= 4 is 22.4 Å². The molecule has 96 valence electrons. The van der Waals surface area contributed by atoms with E-state index in [1.165, 1.54) is 6.33 Å². The molecule has 2 rings (SSSR count). The van der Waals surface area contributed by atoms with Gasteiger partial charge < -0.3 is 16.2 Å². The van der Waals surface area contributed by atoms with Gasteiger partial charge in [0, 0.05) is 29.6 Å². The van der Waals surface area contributed by atoms with Gasteiger partial charge in [-0.15, -0.1) is 0 Å². The Kier molecular flexibility index (Phi) is 3.34. The van der Waals surface area contributed by atoms with E-state index in [2.05, 4.69) is 15.3 Å². The number of nitrogen functional groups attached to an aromatic ring is 1. The molecule has 0 saturated carbocycles. The second-order valence-corrected chi connectivity index (χ2v) is 5.17. The van der Waals surface area contributed by atoms with Gasteiger partial charge in [0.05, 0.1) is 5.52 Å². The molecule has 1 aromatic heterocycles. The molecule has 0 aliphatic carbocycles. The fourth-order valence-electron chi connectivity index (χ4n) is 1.59. The van der Waals surface area contributed by atoms with E-state index in [0.29, 0.717) is 12.2 Å². The van der Waals surface area contributed by atoms with Crippen LogP contribution >= 0.6 is 0 Å². The summed E-state index contributed by atoms with van der Waals surface area (Å²) in [4.78, 5) is 8.42. The number of benzene rings is 1. The van der Waals surface area contributed by atoms with Crippen molar-refractivity contribution in [1.29, 1.82) is 0 Å². The molecule has 0 unspecified atom stereocenters. The number of rotatable bonds is 4. The molecule has 5 heteroatoms. The Labute approximate surface area is 106 Å². The predicted molar refractivity (Wildman–Crippen MR) is 73.3 cm³/mol. The molecule has 0 aliphatic rings. The Morgan fingerprint density at radius 3 is 2.83 bits per heavy atom. The minimum atomic E-state index is -0.197. The zero-order valence-electron chi connectivity index (χ0n) is 10.6. The first-order valence-corrected chi connectivity index (χ1v) is 5.87. The smallest absolute Gasteiger partial charge is 0.137 e. The number of anilines is 2. The molecule has 0 bridgehead atoms. The van der Waals surface area contributed by atoms with E-state index in [1.807, 2.05) is 32.0 Å². The number of aliphatic hydroxyl groups is 1. The Bertz CT molecular complexity index is 554. The molecule has 4 N–H and O–H groups in total. The van der Waals surface area contributed by atoms with Crippen molar-refractivity contribution in [3.05, 3.63) is 24.5 Å². The molecule has 2 aromatic rings. The van der Waals surface area contributed by atoms with Crippen molar-refractivity contribution in [3.8, 4) is 0 Å². The molecule has 0 saturated heterocycles. The Morgan fingerprint density at radius 2 is 2.11 bits per heavy atom. The van der Waals surface area contributed by atoms with E-state index in [1.54, 1.807) is 0 Å². The fourth-order valence-corrected chi connectivity index (χ4v) is 1.59. The van der Waals surface area contributed by atoms with Crippen LogP contribution in [0.15, 0.2) is 24.5 Å². The number of nitrogens with two attached hydrogens (primary N) is 1. The summed E-state index contributed by atoms with van der Waals surface area (Å²) in [6.45, 7) is 4.71. The van der Waals surface area contributed by atoms with E-state index >= 15 is 0 Å². The summed E-state index contributed by atoms with van der Waals surface area (Å²) in [6.07, 6.45) is 1.52. The van der Waals surface area contributed by atoms with E-state index < -0.39 is 0 Å². The van der Waals surface area contributed by atoms with Crippen LogP contribution in [0.2, 0.25) is 0 Å². The minimum absolute atomic E-state index is 0.116. The average Bonchev–Trinajstić information content (AvgIpc) is 2.36. The first kappa shape index (κ1) is 12.6. The lowest BCUT2D eigenvalue weighted by Gasteiger charge is -2.22. The number of aliphatic hydroxyl groups excluding tert-OH is 1. The normalized spacial score (nSPS) is 11.7. The summed E-state index contributed by atoms with van der Waals surface area (Å²) in [7, 11) is 0. The van der Waals surface area contributed by atoms with Crippen LogP contribution in [-0.4, -0.2) is 28.2 Å². The highest BCUT2D eigenvalue weighted by Crippen LogP contribution is 2.23. The summed E-state index contributed by atoms with van der Waals surface area (Å²) < 4.78 is 0. The molecule has 0 spiro atoms. The molecule has 0 amide bonds. The van der Waals surface area contributed by atoms with Gasteiger partial charge in [-0.3, -0.25) is 0 Å². The van der Waals surface area contributed by atoms with E-state index in [9.17, 15) is 5.11 Å². The highest BCUT2D eigenvalue weighted by atomic mass is 16.3. The van der Waals surface area contributed by atoms with E-state index in [0.717, 1.165) is 16.7 Å². The Hall–Kier alpha value is -1.88. The maximum absolute atomic E-state index is 9.24. The molecule has 0 atom stereocenters. The molecule has 0 fully saturated rings. The summed E-state index contributed by atoms with van der Waals surface area (Å²) >= 11 is 0. The molecule has 5 nitrogen and oxygen atoms in total. The number of nitrogens with one attached hydrogen (secondary N) is 1. The fraction of sp³-hybridized carbons (Fsp3) is 0.385. The Morgan fingerprint density at radius 1 is 1.33 bits per heavy atom. The van der Waals surface area contributed by atoms with Crippen molar-refractivity contribution in [3.63, 3.8) is 0 Å². The van der Waals surface area contributed by atoms with Gasteiger partial charge in [-0.1, -0.05) is 13.8 Å². The lowest BCUT2D eigenvalue weighted by Crippen LogP contribution is -2.27. The summed E-state index contributed by atoms with van der Waals surface area (Å²) in [5.74, 6) is 0.744. The number of nitrogens with zero attached hydrogens (tertiary/aromatic N) is 2. The van der Waals surface area contributed by atoms with Crippen LogP contribution in [0.4, 0.5) is 11.5 Å². The van der Waals surface area contributed by atoms with Crippen LogP contribution in [-0.2, 0) is 0 Å². The molecule has 1 heterocycles. The highest BCUT2D eigenvalue weighted by Gasteiger charge is 2.16. The van der Waals surface area contributed by atoms with E-state index in [-0.39, 0.29) is 12.0 Å². The second-order valence-electron chi connectivity index (χ2n) is 5.17. The standard InChI is InChI=1S/C13H18N4O/c1-13(2,7-18)6-15-12-10-5-9(14)3-4-11(10)16-8-17-12/h3-5,8,18H,6-7,14H2,1-2H3,(H,15,16,17). The summed E-state index contributed by atoms with van der Waals surface area (Å²) in [5, 5.41) is 13.4. The quantitative estimate of drug-likeness (QED) is 0.714. The van der Waals surface area contributed by atoms with Gasteiger partial charge in [-0.05, 0) is 18.2 Å². The number of hydrogen-bond acceptors (Lipinski definition) is 5. The monoisotopic (exact) mass is 246 g/mol. The number of fused-ring (bicyclic) bond motifs is 1. The van der Waals surface area contributed by atoms with Gasteiger partial charge in [-0.25, -0.2) is 9.97 Å². The van der Waals surface area contributed by atoms with Crippen LogP contribution in [0.5, 0.6) is 0 Å². The topological polar surface area (TPSA) is 84.1 Å². The molecular formula is C13H18N4O. The lowest BCUT2D eigenvalue weighted by molar-refractivity contribution is 0.171. The average molecular weight is 246 g/mol. The van der Waals surface area contributed by atoms with Crippen LogP contribution in [0.3, 0.4) is 0 Å². The zero-order chi connectivity index (χ0) is 13.2. The SMILES string of the molecule is CC(C)(CO)CNc1ncnc2ccc(N)cc12. The van der Waals surface area contributed by atoms with Crippen molar-refractivity contribution < 1.29 is 5.11 Å². The highest BCUT2D eigenvalue weighted by molar-refractivity contribution is 5.91. The van der Waals surface area contributed by atoms with Crippen molar-refractivity contribution in [2.24, 2.45) is 5.41 Å². The van der Waals surface area contributed by atoms with Crippen LogP contribution in [0, 0.1) is 5.41 Å². The van der Waals surface area contributed by atoms with Gasteiger partial charge in [0.1, 0.15) is 12.1 Å². The second kappa shape index (κ2) is 4.78. The first-order valence-electron chi connectivity index (χ1n) is 5.87. The van der Waals surface area contributed by atoms with Crippen molar-refractivity contribution in [2.45, 2.75) is 13.8 Å². The van der Waals surface area contributed by atoms with Gasteiger partial charge in [0.25, 0.3) is 0 Å². The molecular weight excluding hydrogens is 228 g/mol. The zero-order valence-corrected chi connectivity index (χ0v) is 10.6. The van der Waals surface area contributed by atoms with Crippen LogP contribution in [0.1, 0.15) is 13.8 Å². The van der Waals surface area contributed by atoms with E-state index in [4.69, 9.17) is 5.73 Å². The maximum atomic E-state index is 9.24. The minimum Gasteiger partial charge on any atom is -0.399 e. The van der Waals surface area contributed by atoms with Gasteiger partial charge in [0.15, 0.2) is 0 Å². The van der Waals surface area contributed by atoms with Crippen molar-refractivity contribution in [1.82, 2.24) is 9.97 Å². The third-order valence-corrected chi connectivity index (χ3v) is 2.82. The first-order chi connectivity index (χ1) is 8.52. The van der Waals surface area contributed by atoms with Gasteiger partial charge in [-0.2, -0.15) is 0 Å². The molecule has 0 aliphatic heterocycles. The number of aromatic nitrogens is 2. The van der Waals surface area contributed by atoms with Crippen LogP contribution < -0.4 is 11.1 Å². The van der Waals surface area contributed by atoms with Crippen molar-refractivity contribution in [2.75, 3.05) is 24.2 Å². The number of hydrogen-bond donors (Lipinski definition) is 3. The maximum Gasteiger partial charge on any atom is 0.137 e. The molecule has 18 heavy (non-hydrogen) atoms. The Balaban J connectivity index is 2.30. The lowest BCUT2D eigenvalue weighted by atomic mass is 9.95. The summed E-state index contributed by atoms with van der Waals surface area (Å²) in [5.41, 5.74) is 7.11. The summed E-state index contributed by atoms with van der Waals surface area (Å²) in [6, 6.07) is 5.54. The third kappa shape index (κ3) is 2.68. The van der Waals surface area contributed by atoms with Gasteiger partial charge in [0.2, 0.25) is 0 Å². The molecule has 0 radical (unpaired) electrons. The third-order valence-electron chi connectivity index (χ3n) is 2.82. The molecule has 1 aromatic carbocycles. The van der Waals surface area contributed by atoms with Gasteiger partial charge >= 0.3 is 0 Å². The largest absolute Gasteiger partial charge is 0.399 e. The predicted octanol–water partition coefficient (Wildman–Crippen LogP) is 1.64. The van der Waals surface area contributed by atoms with Crippen LogP contribution in [0.25, 0.3) is 10.9 Å².